The minimum absolute atomic E-state index is 0.170. The molecule has 8 heteroatoms. The third-order valence-corrected chi connectivity index (χ3v) is 7.09. The highest BCUT2D eigenvalue weighted by Crippen LogP contribution is 2.41. The van der Waals surface area contributed by atoms with Crippen molar-refractivity contribution >= 4 is 28.2 Å². The van der Waals surface area contributed by atoms with Gasteiger partial charge in [-0.25, -0.2) is 4.31 Å². The number of ether oxygens (including phenoxy) is 2. The van der Waals surface area contributed by atoms with Gasteiger partial charge in [0.25, 0.3) is 0 Å². The van der Waals surface area contributed by atoms with Crippen molar-refractivity contribution in [2.45, 2.75) is 13.2 Å². The Hall–Kier alpha value is -3.07. The van der Waals surface area contributed by atoms with Crippen LogP contribution in [-0.2, 0) is 11.3 Å². The average Bonchev–Trinajstić information content (AvgIpc) is 3.28. The number of hydrogen-bond donors (Lipinski definition) is 1. The van der Waals surface area contributed by atoms with E-state index in [1.165, 1.54) is 10.6 Å². The lowest BCUT2D eigenvalue weighted by molar-refractivity contribution is -0.0498. The molecule has 3 aromatic carbocycles. The summed E-state index contributed by atoms with van der Waals surface area (Å²) in [5.41, 5.74) is 5.58. The fraction of sp³-hybridized carbons (Fsp3) is 0.259. The Labute approximate surface area is 208 Å². The third kappa shape index (κ3) is 6.14. The van der Waals surface area contributed by atoms with Crippen molar-refractivity contribution < 1.29 is 18.3 Å². The third-order valence-electron chi connectivity index (χ3n) is 5.91. The van der Waals surface area contributed by atoms with E-state index in [0.717, 1.165) is 55.4 Å². The number of hydrogen-bond acceptors (Lipinski definition) is 6. The molecule has 2 heterocycles. The summed E-state index contributed by atoms with van der Waals surface area (Å²) < 4.78 is 37.1. The maximum atomic E-state index is 12.4. The van der Waals surface area contributed by atoms with Gasteiger partial charge in [0.2, 0.25) is 0 Å². The van der Waals surface area contributed by atoms with Gasteiger partial charge in [-0.05, 0) is 59.5 Å². The first kappa shape index (κ1) is 23.7. The van der Waals surface area contributed by atoms with Crippen molar-refractivity contribution in [3.63, 3.8) is 0 Å². The number of alkyl halides is 2. The molecule has 35 heavy (non-hydrogen) atoms. The molecule has 0 unspecified atom stereocenters. The highest BCUT2D eigenvalue weighted by molar-refractivity contribution is 8.06. The molecule has 0 bridgehead atoms. The molecule has 1 N–H and O–H groups in total. The van der Waals surface area contributed by atoms with Crippen LogP contribution in [-0.4, -0.2) is 43.8 Å². The van der Waals surface area contributed by atoms with E-state index in [-0.39, 0.29) is 5.75 Å². The molecule has 182 valence electrons. The van der Waals surface area contributed by atoms with E-state index in [1.807, 2.05) is 30.3 Å². The van der Waals surface area contributed by atoms with Crippen LogP contribution < -0.4 is 15.0 Å². The SMILES string of the molecule is FC(F)Oc1ccc(CN2CC(Nc3ccc(N4CCOCC4)cc3)=C(c3ccccc3)S2)cc1. The van der Waals surface area contributed by atoms with Gasteiger partial charge in [-0.1, -0.05) is 42.5 Å². The molecule has 2 aliphatic rings. The molecule has 0 spiro atoms. The minimum Gasteiger partial charge on any atom is -0.435 e. The second-order valence-electron chi connectivity index (χ2n) is 8.36. The topological polar surface area (TPSA) is 37.0 Å². The molecule has 1 saturated heterocycles. The van der Waals surface area contributed by atoms with E-state index in [2.05, 4.69) is 55.7 Å². The quantitative estimate of drug-likeness (QED) is 0.383. The molecule has 0 radical (unpaired) electrons. The highest BCUT2D eigenvalue weighted by atomic mass is 32.2. The van der Waals surface area contributed by atoms with E-state index < -0.39 is 6.61 Å². The van der Waals surface area contributed by atoms with E-state index in [0.29, 0.717) is 6.54 Å². The predicted molar refractivity (Wildman–Crippen MR) is 138 cm³/mol. The van der Waals surface area contributed by atoms with Crippen LogP contribution in [0.5, 0.6) is 5.75 Å². The van der Waals surface area contributed by atoms with Gasteiger partial charge in [0.05, 0.1) is 24.7 Å². The first-order valence-corrected chi connectivity index (χ1v) is 12.4. The Kier molecular flexibility index (Phi) is 7.51. The number of halogens is 2. The zero-order valence-electron chi connectivity index (χ0n) is 19.2. The Morgan fingerprint density at radius 2 is 1.63 bits per heavy atom. The van der Waals surface area contributed by atoms with Crippen molar-refractivity contribution in [2.24, 2.45) is 0 Å². The molecular weight excluding hydrogens is 468 g/mol. The van der Waals surface area contributed by atoms with E-state index in [9.17, 15) is 8.78 Å². The molecule has 3 aromatic rings. The number of nitrogens with zero attached hydrogens (tertiary/aromatic N) is 2. The first-order valence-electron chi connectivity index (χ1n) is 11.6. The van der Waals surface area contributed by atoms with Gasteiger partial charge in [-0.15, -0.1) is 0 Å². The van der Waals surface area contributed by atoms with Crippen molar-refractivity contribution in [2.75, 3.05) is 43.1 Å². The summed E-state index contributed by atoms with van der Waals surface area (Å²) in [6.45, 7) is 1.95. The summed E-state index contributed by atoms with van der Waals surface area (Å²) in [5.74, 6) is 0.170. The molecule has 0 saturated carbocycles. The summed E-state index contributed by atoms with van der Waals surface area (Å²) in [6, 6.07) is 25.7. The summed E-state index contributed by atoms with van der Waals surface area (Å²) in [6.07, 6.45) is 0. The van der Waals surface area contributed by atoms with Crippen molar-refractivity contribution in [1.82, 2.24) is 4.31 Å². The standard InChI is InChI=1S/C27H27F2N3O2S/c28-27(29)34-24-12-6-20(7-13-24)18-32-19-25(26(35-32)21-4-2-1-3-5-21)30-22-8-10-23(11-9-22)31-14-16-33-17-15-31/h1-13,27,30H,14-19H2. The summed E-state index contributed by atoms with van der Waals surface area (Å²) >= 11 is 1.70. The maximum absolute atomic E-state index is 12.4. The van der Waals surface area contributed by atoms with Gasteiger partial charge in [0.1, 0.15) is 5.75 Å². The van der Waals surface area contributed by atoms with Crippen LogP contribution in [0, 0.1) is 0 Å². The number of benzene rings is 3. The summed E-state index contributed by atoms with van der Waals surface area (Å²) in [4.78, 5) is 3.52. The molecule has 0 aromatic heterocycles. The number of nitrogens with one attached hydrogen (secondary N) is 1. The molecule has 0 aliphatic carbocycles. The fourth-order valence-electron chi connectivity index (χ4n) is 4.20. The molecule has 2 aliphatic heterocycles. The van der Waals surface area contributed by atoms with Gasteiger partial charge in [-0.2, -0.15) is 8.78 Å². The first-order chi connectivity index (χ1) is 17.1. The second kappa shape index (κ2) is 11.1. The van der Waals surface area contributed by atoms with Crippen LogP contribution in [0.25, 0.3) is 4.91 Å². The van der Waals surface area contributed by atoms with Crippen LogP contribution in [0.15, 0.2) is 84.6 Å². The molecule has 0 amide bonds. The summed E-state index contributed by atoms with van der Waals surface area (Å²) in [7, 11) is 0. The molecule has 0 atom stereocenters. The smallest absolute Gasteiger partial charge is 0.387 e. The van der Waals surface area contributed by atoms with Crippen LogP contribution in [0.1, 0.15) is 11.1 Å². The predicted octanol–water partition coefficient (Wildman–Crippen LogP) is 6.07. The van der Waals surface area contributed by atoms with Crippen molar-refractivity contribution in [3.05, 3.63) is 95.7 Å². The van der Waals surface area contributed by atoms with E-state index >= 15 is 0 Å². The fourth-order valence-corrected chi connectivity index (χ4v) is 5.33. The Morgan fingerprint density at radius 3 is 2.31 bits per heavy atom. The van der Waals surface area contributed by atoms with Gasteiger partial charge in [0.15, 0.2) is 0 Å². The minimum atomic E-state index is -2.82. The van der Waals surface area contributed by atoms with Gasteiger partial charge in [0, 0.05) is 36.7 Å². The average molecular weight is 496 g/mol. The molecule has 5 rings (SSSR count). The maximum Gasteiger partial charge on any atom is 0.387 e. The largest absolute Gasteiger partial charge is 0.435 e. The Bertz CT molecular complexity index is 1140. The second-order valence-corrected chi connectivity index (χ2v) is 9.46. The zero-order valence-corrected chi connectivity index (χ0v) is 20.0. The van der Waals surface area contributed by atoms with Gasteiger partial charge >= 0.3 is 6.61 Å². The molecular formula is C27H27F2N3O2S. The number of morpholine rings is 1. The molecule has 1 fully saturated rings. The Balaban J connectivity index is 1.29. The monoisotopic (exact) mass is 495 g/mol. The van der Waals surface area contributed by atoms with Crippen LogP contribution in [0.2, 0.25) is 0 Å². The van der Waals surface area contributed by atoms with Gasteiger partial charge in [-0.3, -0.25) is 0 Å². The highest BCUT2D eigenvalue weighted by Gasteiger charge is 2.25. The lowest BCUT2D eigenvalue weighted by Crippen LogP contribution is -2.36. The van der Waals surface area contributed by atoms with E-state index in [1.54, 1.807) is 24.1 Å². The van der Waals surface area contributed by atoms with Crippen LogP contribution in [0.4, 0.5) is 20.2 Å². The Morgan fingerprint density at radius 1 is 0.914 bits per heavy atom. The lowest BCUT2D eigenvalue weighted by atomic mass is 10.1. The van der Waals surface area contributed by atoms with Gasteiger partial charge < -0.3 is 19.7 Å². The number of anilines is 2. The van der Waals surface area contributed by atoms with Crippen LogP contribution >= 0.6 is 11.9 Å². The lowest BCUT2D eigenvalue weighted by Gasteiger charge is -2.29. The normalized spacial score (nSPS) is 16.7. The zero-order chi connectivity index (χ0) is 24.0. The molecule has 5 nitrogen and oxygen atoms in total. The number of rotatable bonds is 8. The van der Waals surface area contributed by atoms with Crippen molar-refractivity contribution in [1.29, 1.82) is 0 Å². The van der Waals surface area contributed by atoms with Crippen LogP contribution in [0.3, 0.4) is 0 Å². The van der Waals surface area contributed by atoms with Crippen molar-refractivity contribution in [3.8, 4) is 5.75 Å². The summed E-state index contributed by atoms with van der Waals surface area (Å²) in [5, 5.41) is 3.64. The van der Waals surface area contributed by atoms with E-state index in [4.69, 9.17) is 4.74 Å².